The minimum atomic E-state index is -0.908. The van der Waals surface area contributed by atoms with E-state index in [1.54, 1.807) is 6.92 Å². The highest BCUT2D eigenvalue weighted by atomic mass is 16.5. The normalized spacial score (nSPS) is 13.9. The predicted octanol–water partition coefficient (Wildman–Crippen LogP) is 2.21. The maximum absolute atomic E-state index is 11.7. The molecule has 0 aromatic heterocycles. The molecule has 0 heterocycles. The predicted molar refractivity (Wildman–Crippen MR) is 79.9 cm³/mol. The third-order valence-corrected chi connectivity index (χ3v) is 3.59. The molecular weight excluding hydrogens is 254 g/mol. The Kier molecular flexibility index (Phi) is 5.57. The number of carbonyl (C=O) groups is 1. The Bertz CT molecular complexity index is 467. The van der Waals surface area contributed by atoms with Gasteiger partial charge in [-0.15, -0.1) is 0 Å². The third kappa shape index (κ3) is 4.85. The zero-order valence-electron chi connectivity index (χ0n) is 13.0. The number of hydrogen-bond acceptors (Lipinski definition) is 3. The van der Waals surface area contributed by atoms with Gasteiger partial charge < -0.3 is 15.2 Å². The fourth-order valence-corrected chi connectivity index (χ4v) is 1.54. The molecule has 0 saturated carbocycles. The quantitative estimate of drug-likeness (QED) is 0.839. The molecule has 0 aliphatic carbocycles. The van der Waals surface area contributed by atoms with E-state index in [0.717, 1.165) is 16.9 Å². The molecule has 4 heteroatoms. The van der Waals surface area contributed by atoms with Crippen molar-refractivity contribution in [3.8, 4) is 5.75 Å². The van der Waals surface area contributed by atoms with Crippen LogP contribution in [0, 0.1) is 19.8 Å². The summed E-state index contributed by atoms with van der Waals surface area (Å²) >= 11 is 0. The first kappa shape index (κ1) is 16.5. The Hall–Kier alpha value is -1.55. The highest BCUT2D eigenvalue weighted by molar-refractivity contribution is 5.77. The van der Waals surface area contributed by atoms with Crippen molar-refractivity contribution in [2.24, 2.45) is 5.92 Å². The molecule has 20 heavy (non-hydrogen) atoms. The molecule has 0 saturated heterocycles. The van der Waals surface area contributed by atoms with Gasteiger partial charge in [0.15, 0.2) is 6.61 Å². The zero-order chi connectivity index (χ0) is 15.3. The van der Waals surface area contributed by atoms with E-state index in [4.69, 9.17) is 4.74 Å². The van der Waals surface area contributed by atoms with E-state index < -0.39 is 5.60 Å². The standard InChI is InChI=1S/C16H25NO3/c1-11(2)16(5,19)10-17-15(18)9-20-14-8-12(3)6-7-13(14)4/h6-8,11,19H,9-10H2,1-5H3,(H,17,18). The van der Waals surface area contributed by atoms with E-state index in [-0.39, 0.29) is 25.0 Å². The van der Waals surface area contributed by atoms with Crippen LogP contribution in [-0.2, 0) is 4.79 Å². The maximum Gasteiger partial charge on any atom is 0.258 e. The summed E-state index contributed by atoms with van der Waals surface area (Å²) in [6, 6.07) is 5.88. The zero-order valence-corrected chi connectivity index (χ0v) is 13.0. The molecule has 1 atom stereocenters. The van der Waals surface area contributed by atoms with Crippen molar-refractivity contribution in [2.45, 2.75) is 40.2 Å². The van der Waals surface area contributed by atoms with Gasteiger partial charge in [-0.05, 0) is 43.9 Å². The highest BCUT2D eigenvalue weighted by Gasteiger charge is 2.25. The smallest absolute Gasteiger partial charge is 0.258 e. The Labute approximate surface area is 121 Å². The van der Waals surface area contributed by atoms with Crippen LogP contribution in [0.4, 0.5) is 0 Å². The van der Waals surface area contributed by atoms with Gasteiger partial charge in [0, 0.05) is 6.54 Å². The first-order valence-corrected chi connectivity index (χ1v) is 6.91. The molecule has 4 nitrogen and oxygen atoms in total. The minimum Gasteiger partial charge on any atom is -0.483 e. The molecule has 0 radical (unpaired) electrons. The van der Waals surface area contributed by atoms with Crippen LogP contribution >= 0.6 is 0 Å². The lowest BCUT2D eigenvalue weighted by molar-refractivity contribution is -0.124. The van der Waals surface area contributed by atoms with Crippen LogP contribution in [0.5, 0.6) is 5.75 Å². The largest absolute Gasteiger partial charge is 0.483 e. The number of benzene rings is 1. The molecule has 112 valence electrons. The summed E-state index contributed by atoms with van der Waals surface area (Å²) in [5.41, 5.74) is 1.18. The van der Waals surface area contributed by atoms with Crippen molar-refractivity contribution < 1.29 is 14.6 Å². The van der Waals surface area contributed by atoms with Gasteiger partial charge in [-0.1, -0.05) is 26.0 Å². The van der Waals surface area contributed by atoms with Crippen LogP contribution in [-0.4, -0.2) is 29.8 Å². The molecule has 0 spiro atoms. The maximum atomic E-state index is 11.7. The van der Waals surface area contributed by atoms with E-state index >= 15 is 0 Å². The lowest BCUT2D eigenvalue weighted by Gasteiger charge is -2.27. The van der Waals surface area contributed by atoms with Gasteiger partial charge in [-0.3, -0.25) is 4.79 Å². The van der Waals surface area contributed by atoms with Gasteiger partial charge in [0.25, 0.3) is 5.91 Å². The van der Waals surface area contributed by atoms with Crippen molar-refractivity contribution in [3.05, 3.63) is 29.3 Å². The third-order valence-electron chi connectivity index (χ3n) is 3.59. The average Bonchev–Trinajstić information content (AvgIpc) is 2.37. The van der Waals surface area contributed by atoms with Crippen LogP contribution < -0.4 is 10.1 Å². The van der Waals surface area contributed by atoms with Crippen LogP contribution in [0.15, 0.2) is 18.2 Å². The average molecular weight is 279 g/mol. The summed E-state index contributed by atoms with van der Waals surface area (Å²) in [6.07, 6.45) is 0. The second kappa shape index (κ2) is 6.75. The van der Waals surface area contributed by atoms with Crippen LogP contribution in [0.1, 0.15) is 31.9 Å². The molecule has 1 amide bonds. The summed E-state index contributed by atoms with van der Waals surface area (Å²) in [5.74, 6) is 0.560. The molecule has 1 aromatic carbocycles. The summed E-state index contributed by atoms with van der Waals surface area (Å²) in [4.78, 5) is 11.7. The van der Waals surface area contributed by atoms with Crippen LogP contribution in [0.2, 0.25) is 0 Å². The summed E-state index contributed by atoms with van der Waals surface area (Å²) in [5, 5.41) is 12.7. The number of aryl methyl sites for hydroxylation is 2. The molecule has 0 fully saturated rings. The number of nitrogens with one attached hydrogen (secondary N) is 1. The van der Waals surface area contributed by atoms with Gasteiger partial charge in [0.1, 0.15) is 5.75 Å². The van der Waals surface area contributed by atoms with Gasteiger partial charge in [0.05, 0.1) is 5.60 Å². The summed E-state index contributed by atoms with van der Waals surface area (Å²) < 4.78 is 5.51. The number of carbonyl (C=O) groups excluding carboxylic acids is 1. The van der Waals surface area contributed by atoms with E-state index in [1.165, 1.54) is 0 Å². The van der Waals surface area contributed by atoms with Crippen molar-refractivity contribution in [2.75, 3.05) is 13.2 Å². The fraction of sp³-hybridized carbons (Fsp3) is 0.562. The van der Waals surface area contributed by atoms with Crippen molar-refractivity contribution >= 4 is 5.91 Å². The molecule has 0 aliphatic heterocycles. The molecule has 2 N–H and O–H groups in total. The second-order valence-electron chi connectivity index (χ2n) is 5.85. The Balaban J connectivity index is 2.46. The van der Waals surface area contributed by atoms with Gasteiger partial charge in [-0.25, -0.2) is 0 Å². The molecule has 1 unspecified atom stereocenters. The van der Waals surface area contributed by atoms with Gasteiger partial charge in [0.2, 0.25) is 0 Å². The number of amides is 1. The van der Waals surface area contributed by atoms with Crippen molar-refractivity contribution in [3.63, 3.8) is 0 Å². The van der Waals surface area contributed by atoms with E-state index in [0.29, 0.717) is 0 Å². The lowest BCUT2D eigenvalue weighted by Crippen LogP contribution is -2.45. The van der Waals surface area contributed by atoms with E-state index in [2.05, 4.69) is 5.32 Å². The number of hydrogen-bond donors (Lipinski definition) is 2. The number of aliphatic hydroxyl groups is 1. The Morgan fingerprint density at radius 3 is 2.65 bits per heavy atom. The van der Waals surface area contributed by atoms with Gasteiger partial charge in [-0.2, -0.15) is 0 Å². The van der Waals surface area contributed by atoms with Crippen molar-refractivity contribution in [1.29, 1.82) is 0 Å². The van der Waals surface area contributed by atoms with Gasteiger partial charge >= 0.3 is 0 Å². The van der Waals surface area contributed by atoms with Crippen LogP contribution in [0.3, 0.4) is 0 Å². The highest BCUT2D eigenvalue weighted by Crippen LogP contribution is 2.19. The first-order chi connectivity index (χ1) is 9.22. The lowest BCUT2D eigenvalue weighted by atomic mass is 9.93. The van der Waals surface area contributed by atoms with E-state index in [9.17, 15) is 9.90 Å². The van der Waals surface area contributed by atoms with E-state index in [1.807, 2.05) is 45.9 Å². The molecule has 0 aliphatic rings. The summed E-state index contributed by atoms with van der Waals surface area (Å²) in [6.45, 7) is 9.64. The topological polar surface area (TPSA) is 58.6 Å². The monoisotopic (exact) mass is 279 g/mol. The Morgan fingerprint density at radius 1 is 1.40 bits per heavy atom. The second-order valence-corrected chi connectivity index (χ2v) is 5.85. The molecular formula is C16H25NO3. The fourth-order valence-electron chi connectivity index (χ4n) is 1.54. The first-order valence-electron chi connectivity index (χ1n) is 6.91. The Morgan fingerprint density at radius 2 is 2.05 bits per heavy atom. The molecule has 1 aromatic rings. The van der Waals surface area contributed by atoms with Crippen molar-refractivity contribution in [1.82, 2.24) is 5.32 Å². The molecule has 1 rings (SSSR count). The minimum absolute atomic E-state index is 0.0432. The summed E-state index contributed by atoms with van der Waals surface area (Å²) in [7, 11) is 0. The number of ether oxygens (including phenoxy) is 1. The SMILES string of the molecule is Cc1ccc(C)c(OCC(=O)NCC(C)(O)C(C)C)c1. The van der Waals surface area contributed by atoms with Crippen LogP contribution in [0.25, 0.3) is 0 Å². The molecule has 0 bridgehead atoms. The number of rotatable bonds is 6.